The van der Waals surface area contributed by atoms with E-state index in [1.54, 1.807) is 49.9 Å². The predicted octanol–water partition coefficient (Wildman–Crippen LogP) is 3.13. The van der Waals surface area contributed by atoms with Crippen molar-refractivity contribution in [1.82, 2.24) is 9.55 Å². The number of anilines is 1. The van der Waals surface area contributed by atoms with E-state index in [1.807, 2.05) is 19.1 Å². The van der Waals surface area contributed by atoms with Gasteiger partial charge in [-0.15, -0.1) is 0 Å². The molecule has 0 saturated heterocycles. The van der Waals surface area contributed by atoms with Crippen molar-refractivity contribution < 1.29 is 9.53 Å². The van der Waals surface area contributed by atoms with Gasteiger partial charge in [-0.3, -0.25) is 14.6 Å². The Balaban J connectivity index is 1.75. The molecule has 1 N–H and O–H groups in total. The summed E-state index contributed by atoms with van der Waals surface area (Å²) in [7, 11) is 1.63. The van der Waals surface area contributed by atoms with Gasteiger partial charge in [-0.25, -0.2) is 0 Å². The average molecular weight is 335 g/mol. The van der Waals surface area contributed by atoms with Gasteiger partial charge in [0, 0.05) is 36.8 Å². The summed E-state index contributed by atoms with van der Waals surface area (Å²) in [6, 6.07) is 11.9. The molecule has 0 radical (unpaired) electrons. The molecule has 0 aliphatic rings. The molecule has 1 aromatic carbocycles. The first kappa shape index (κ1) is 16.4. The molecule has 0 bridgehead atoms. The number of aryl methyl sites for hydroxylation is 2. The maximum atomic E-state index is 12.3. The van der Waals surface area contributed by atoms with Crippen molar-refractivity contribution in [3.63, 3.8) is 0 Å². The molecule has 6 nitrogen and oxygen atoms in total. The lowest BCUT2D eigenvalue weighted by Crippen LogP contribution is -2.20. The number of carbonyl (C=O) groups excluding carboxylic acids is 1. The minimum absolute atomic E-state index is 0.232. The van der Waals surface area contributed by atoms with Crippen LogP contribution in [0.15, 0.2) is 65.8 Å². The molecular weight excluding hydrogens is 318 g/mol. The van der Waals surface area contributed by atoms with Crippen LogP contribution >= 0.6 is 0 Å². The minimum atomic E-state index is -0.335. The number of hydrogen-bond donors (Lipinski definition) is 1. The third kappa shape index (κ3) is 3.92. The topological polar surface area (TPSA) is 73.2 Å². The molecule has 0 spiro atoms. The van der Waals surface area contributed by atoms with E-state index in [-0.39, 0.29) is 11.5 Å². The summed E-state index contributed by atoms with van der Waals surface area (Å²) in [4.78, 5) is 27.9. The van der Waals surface area contributed by atoms with Crippen molar-refractivity contribution in [2.75, 3.05) is 5.32 Å². The molecule has 0 fully saturated rings. The molecule has 0 aliphatic heterocycles. The fraction of sp³-hybridized carbons (Fsp3) is 0.105. The number of nitrogens with one attached hydrogen (secondary N) is 1. The molecule has 3 aromatic rings. The standard InChI is InChI=1S/C19H17N3O3/c1-13-10-15(5-6-17(13)25-16-4-3-8-20-12-16)21-19(24)14-7-9-22(2)18(23)11-14/h3-12H,1-2H3,(H,21,24). The highest BCUT2D eigenvalue weighted by molar-refractivity contribution is 6.04. The number of nitrogens with zero attached hydrogens (tertiary/aromatic N) is 2. The average Bonchev–Trinajstić information content (AvgIpc) is 2.60. The third-order valence-corrected chi connectivity index (χ3v) is 3.66. The molecule has 2 aromatic heterocycles. The highest BCUT2D eigenvalue weighted by Gasteiger charge is 2.09. The smallest absolute Gasteiger partial charge is 0.255 e. The second-order valence-corrected chi connectivity index (χ2v) is 5.59. The first-order valence-corrected chi connectivity index (χ1v) is 7.69. The second kappa shape index (κ2) is 7.00. The van der Waals surface area contributed by atoms with E-state index in [1.165, 1.54) is 10.6 Å². The van der Waals surface area contributed by atoms with Crippen molar-refractivity contribution >= 4 is 11.6 Å². The van der Waals surface area contributed by atoms with Crippen LogP contribution in [-0.2, 0) is 7.05 Å². The SMILES string of the molecule is Cc1cc(NC(=O)c2ccn(C)c(=O)c2)ccc1Oc1cccnc1. The molecule has 0 saturated carbocycles. The van der Waals surface area contributed by atoms with Gasteiger partial charge < -0.3 is 14.6 Å². The van der Waals surface area contributed by atoms with Gasteiger partial charge in [-0.1, -0.05) is 0 Å². The summed E-state index contributed by atoms with van der Waals surface area (Å²) in [5.41, 5.74) is 1.58. The van der Waals surface area contributed by atoms with Crippen LogP contribution in [0.5, 0.6) is 11.5 Å². The van der Waals surface area contributed by atoms with Crippen LogP contribution < -0.4 is 15.6 Å². The van der Waals surface area contributed by atoms with Crippen molar-refractivity contribution in [3.05, 3.63) is 82.5 Å². The van der Waals surface area contributed by atoms with Crippen LogP contribution in [0, 0.1) is 6.92 Å². The summed E-state index contributed by atoms with van der Waals surface area (Å²) < 4.78 is 7.17. The number of aromatic nitrogens is 2. The fourth-order valence-corrected chi connectivity index (χ4v) is 2.27. The zero-order valence-electron chi connectivity index (χ0n) is 13.9. The monoisotopic (exact) mass is 335 g/mol. The van der Waals surface area contributed by atoms with Crippen LogP contribution in [0.2, 0.25) is 0 Å². The van der Waals surface area contributed by atoms with Gasteiger partial charge in [0.2, 0.25) is 0 Å². The number of hydrogen-bond acceptors (Lipinski definition) is 4. The van der Waals surface area contributed by atoms with E-state index in [0.29, 0.717) is 22.7 Å². The van der Waals surface area contributed by atoms with Crippen molar-refractivity contribution in [3.8, 4) is 11.5 Å². The number of carbonyl (C=O) groups is 1. The van der Waals surface area contributed by atoms with E-state index in [0.717, 1.165) is 5.56 Å². The molecule has 0 unspecified atom stereocenters. The van der Waals surface area contributed by atoms with Gasteiger partial charge >= 0.3 is 0 Å². The summed E-state index contributed by atoms with van der Waals surface area (Å²) in [6.45, 7) is 1.89. The Bertz CT molecular complexity index is 965. The second-order valence-electron chi connectivity index (χ2n) is 5.59. The fourth-order valence-electron chi connectivity index (χ4n) is 2.27. The largest absolute Gasteiger partial charge is 0.455 e. The quantitative estimate of drug-likeness (QED) is 0.795. The number of ether oxygens (including phenoxy) is 1. The molecule has 126 valence electrons. The molecule has 0 aliphatic carbocycles. The maximum Gasteiger partial charge on any atom is 0.255 e. The van der Waals surface area contributed by atoms with E-state index < -0.39 is 0 Å². The summed E-state index contributed by atoms with van der Waals surface area (Å²) in [6.07, 6.45) is 4.87. The van der Waals surface area contributed by atoms with Crippen molar-refractivity contribution in [2.45, 2.75) is 6.92 Å². The molecule has 2 heterocycles. The van der Waals surface area contributed by atoms with Crippen LogP contribution in [0.3, 0.4) is 0 Å². The maximum absolute atomic E-state index is 12.3. The number of benzene rings is 1. The normalized spacial score (nSPS) is 10.3. The van der Waals surface area contributed by atoms with Crippen LogP contribution in [0.1, 0.15) is 15.9 Å². The Morgan fingerprint density at radius 2 is 2.04 bits per heavy atom. The number of pyridine rings is 2. The molecule has 0 atom stereocenters. The summed E-state index contributed by atoms with van der Waals surface area (Å²) >= 11 is 0. The molecular formula is C19H17N3O3. The molecule has 6 heteroatoms. The zero-order chi connectivity index (χ0) is 17.8. The Labute approximate surface area is 144 Å². The van der Waals surface area contributed by atoms with Crippen LogP contribution in [0.4, 0.5) is 5.69 Å². The number of amides is 1. The van der Waals surface area contributed by atoms with Gasteiger partial charge in [-0.2, -0.15) is 0 Å². The van der Waals surface area contributed by atoms with E-state index in [2.05, 4.69) is 10.3 Å². The van der Waals surface area contributed by atoms with Gasteiger partial charge in [0.15, 0.2) is 0 Å². The number of rotatable bonds is 4. The highest BCUT2D eigenvalue weighted by atomic mass is 16.5. The Morgan fingerprint density at radius 1 is 1.20 bits per heavy atom. The van der Waals surface area contributed by atoms with Crippen LogP contribution in [0.25, 0.3) is 0 Å². The lowest BCUT2D eigenvalue weighted by atomic mass is 10.2. The van der Waals surface area contributed by atoms with Gasteiger partial charge in [0.1, 0.15) is 11.5 Å². The molecule has 3 rings (SSSR count). The Kier molecular flexibility index (Phi) is 4.61. The lowest BCUT2D eigenvalue weighted by Gasteiger charge is -2.11. The minimum Gasteiger partial charge on any atom is -0.455 e. The van der Waals surface area contributed by atoms with E-state index in [4.69, 9.17) is 4.74 Å². The van der Waals surface area contributed by atoms with E-state index >= 15 is 0 Å². The first-order valence-electron chi connectivity index (χ1n) is 7.69. The predicted molar refractivity (Wildman–Crippen MR) is 95.1 cm³/mol. The Hall–Kier alpha value is -3.41. The van der Waals surface area contributed by atoms with Gasteiger partial charge in [0.25, 0.3) is 11.5 Å². The van der Waals surface area contributed by atoms with Gasteiger partial charge in [-0.05, 0) is 48.9 Å². The third-order valence-electron chi connectivity index (χ3n) is 3.66. The van der Waals surface area contributed by atoms with Crippen LogP contribution in [-0.4, -0.2) is 15.5 Å². The van der Waals surface area contributed by atoms with Crippen molar-refractivity contribution in [1.29, 1.82) is 0 Å². The Morgan fingerprint density at radius 3 is 2.72 bits per heavy atom. The van der Waals surface area contributed by atoms with Gasteiger partial charge in [0.05, 0.1) is 6.20 Å². The summed E-state index contributed by atoms with van der Waals surface area (Å²) in [5, 5.41) is 2.78. The zero-order valence-corrected chi connectivity index (χ0v) is 13.9. The summed E-state index contributed by atoms with van der Waals surface area (Å²) in [5.74, 6) is 0.986. The van der Waals surface area contributed by atoms with Crippen molar-refractivity contribution in [2.24, 2.45) is 7.05 Å². The first-order chi connectivity index (χ1) is 12.0. The highest BCUT2D eigenvalue weighted by Crippen LogP contribution is 2.26. The molecule has 1 amide bonds. The van der Waals surface area contributed by atoms with E-state index in [9.17, 15) is 9.59 Å². The lowest BCUT2D eigenvalue weighted by molar-refractivity contribution is 0.102. The molecule has 25 heavy (non-hydrogen) atoms.